The smallest absolute Gasteiger partial charge is 0.252 e. The van der Waals surface area contributed by atoms with Crippen LogP contribution in [0.2, 0.25) is 0 Å². The van der Waals surface area contributed by atoms with Crippen LogP contribution >= 0.6 is 23.4 Å². The molecule has 0 aromatic carbocycles. The highest BCUT2D eigenvalue weighted by Gasteiger charge is 2.22. The maximum absolute atomic E-state index is 11.2. The van der Waals surface area contributed by atoms with Crippen molar-refractivity contribution in [2.45, 2.75) is 17.2 Å². The lowest BCUT2D eigenvalue weighted by atomic mass is 10.2. The number of pyridine rings is 1. The predicted octanol–water partition coefficient (Wildman–Crippen LogP) is 0.885. The van der Waals surface area contributed by atoms with Gasteiger partial charge in [-0.25, -0.2) is 0 Å². The maximum Gasteiger partial charge on any atom is 0.252 e. The second kappa shape index (κ2) is 5.07. The van der Waals surface area contributed by atoms with Crippen molar-refractivity contribution in [2.24, 2.45) is 5.73 Å². The Labute approximate surface area is 113 Å². The number of aromatic nitrogens is 1. The van der Waals surface area contributed by atoms with Crippen LogP contribution in [0, 0.1) is 5.41 Å². The number of halogens is 1. The monoisotopic (exact) mass is 284 g/mol. The molecule has 2 heterocycles. The Morgan fingerprint density at radius 3 is 2.89 bits per heavy atom. The van der Waals surface area contributed by atoms with Crippen LogP contribution in [-0.2, 0) is 6.54 Å². The summed E-state index contributed by atoms with van der Waals surface area (Å²) in [6.45, 7) is 0.510. The van der Waals surface area contributed by atoms with E-state index in [9.17, 15) is 4.79 Å². The van der Waals surface area contributed by atoms with Crippen molar-refractivity contribution in [3.05, 3.63) is 34.8 Å². The van der Waals surface area contributed by atoms with Gasteiger partial charge in [0.2, 0.25) is 0 Å². The number of allylic oxidation sites excluding steroid dienone is 1. The van der Waals surface area contributed by atoms with E-state index in [2.05, 4.69) is 0 Å². The highest BCUT2D eigenvalue weighted by molar-refractivity contribution is 8.03. The minimum Gasteiger partial charge on any atom is -0.398 e. The van der Waals surface area contributed by atoms with E-state index in [0.29, 0.717) is 12.2 Å². The summed E-state index contributed by atoms with van der Waals surface area (Å²) in [7, 11) is 0. The molecule has 0 saturated heterocycles. The van der Waals surface area contributed by atoms with E-state index in [1.54, 1.807) is 22.5 Å². The number of anilines is 1. The van der Waals surface area contributed by atoms with E-state index in [1.165, 1.54) is 6.07 Å². The quantitative estimate of drug-likeness (QED) is 0.719. The van der Waals surface area contributed by atoms with Crippen molar-refractivity contribution in [3.63, 3.8) is 0 Å². The fourth-order valence-electron chi connectivity index (χ4n) is 1.76. The fraction of sp³-hybridized carbons (Fsp3) is 0.273. The van der Waals surface area contributed by atoms with Crippen molar-refractivity contribution in [3.8, 4) is 0 Å². The van der Waals surface area contributed by atoms with Gasteiger partial charge in [-0.2, -0.15) is 0 Å². The van der Waals surface area contributed by atoms with Crippen LogP contribution < -0.4 is 17.0 Å². The maximum atomic E-state index is 11.2. The zero-order valence-corrected chi connectivity index (χ0v) is 11.0. The largest absolute Gasteiger partial charge is 0.398 e. The number of nitrogens with one attached hydrogen (secondary N) is 1. The Hall–Kier alpha value is -1.40. The van der Waals surface area contributed by atoms with Crippen LogP contribution in [0.5, 0.6) is 0 Å². The zero-order valence-electron chi connectivity index (χ0n) is 9.47. The van der Waals surface area contributed by atoms with E-state index in [-0.39, 0.29) is 21.7 Å². The first kappa shape index (κ1) is 13.0. The van der Waals surface area contributed by atoms with Gasteiger partial charge in [-0.3, -0.25) is 10.2 Å². The Kier molecular flexibility index (Phi) is 3.68. The van der Waals surface area contributed by atoms with E-state index in [1.807, 2.05) is 11.5 Å². The molecule has 1 aliphatic heterocycles. The number of hydrogen-bond donors (Lipinski definition) is 3. The second-order valence-electron chi connectivity index (χ2n) is 4.00. The molecule has 2 atom stereocenters. The van der Waals surface area contributed by atoms with Gasteiger partial charge >= 0.3 is 0 Å². The van der Waals surface area contributed by atoms with Crippen LogP contribution in [-0.4, -0.2) is 21.1 Å². The number of nitrogens with two attached hydrogens (primary N) is 2. The van der Waals surface area contributed by atoms with Crippen molar-refractivity contribution < 1.29 is 4.79 Å². The van der Waals surface area contributed by atoms with Crippen molar-refractivity contribution in [1.29, 1.82) is 5.41 Å². The molecule has 2 unspecified atom stereocenters. The van der Waals surface area contributed by atoms with Crippen LogP contribution in [0.25, 0.3) is 0 Å². The van der Waals surface area contributed by atoms with Gasteiger partial charge in [0.15, 0.2) is 0 Å². The lowest BCUT2D eigenvalue weighted by molar-refractivity contribution is 0.0998. The fourth-order valence-corrected chi connectivity index (χ4v) is 3.13. The first-order chi connectivity index (χ1) is 8.49. The Balaban J connectivity index is 2.33. The van der Waals surface area contributed by atoms with Crippen molar-refractivity contribution in [2.75, 3.05) is 5.73 Å². The van der Waals surface area contributed by atoms with Crippen molar-refractivity contribution in [1.82, 2.24) is 4.57 Å². The van der Waals surface area contributed by atoms with Crippen LogP contribution in [0.4, 0.5) is 5.69 Å². The first-order valence-electron chi connectivity index (χ1n) is 5.29. The van der Waals surface area contributed by atoms with Crippen LogP contribution in [0.1, 0.15) is 10.4 Å². The lowest BCUT2D eigenvalue weighted by Crippen LogP contribution is -2.33. The lowest BCUT2D eigenvalue weighted by Gasteiger charge is -2.16. The molecular weight excluding hydrogens is 272 g/mol. The summed E-state index contributed by atoms with van der Waals surface area (Å²) in [4.78, 5) is 11.2. The Bertz CT molecular complexity index is 569. The normalized spacial score (nSPS) is 22.3. The molecule has 0 spiro atoms. The SMILES string of the molecule is N=c1c(C(N)=O)cc(N)cn1CC1SC=CC1Cl. The molecule has 0 radical (unpaired) electrons. The number of alkyl halides is 1. The van der Waals surface area contributed by atoms with Gasteiger partial charge in [0.25, 0.3) is 5.91 Å². The summed E-state index contributed by atoms with van der Waals surface area (Å²) >= 11 is 7.72. The number of primary amides is 1. The Morgan fingerprint density at radius 1 is 1.61 bits per heavy atom. The summed E-state index contributed by atoms with van der Waals surface area (Å²) in [6, 6.07) is 1.42. The molecule has 1 aliphatic rings. The van der Waals surface area contributed by atoms with Gasteiger partial charge in [0.05, 0.1) is 10.9 Å². The highest BCUT2D eigenvalue weighted by atomic mass is 35.5. The number of amides is 1. The van der Waals surface area contributed by atoms with E-state index >= 15 is 0 Å². The molecule has 0 saturated carbocycles. The molecule has 2 rings (SSSR count). The molecule has 0 fully saturated rings. The molecule has 0 bridgehead atoms. The summed E-state index contributed by atoms with van der Waals surface area (Å²) < 4.78 is 1.61. The summed E-state index contributed by atoms with van der Waals surface area (Å²) in [5.74, 6) is -0.652. The van der Waals surface area contributed by atoms with Gasteiger partial charge in [0.1, 0.15) is 5.49 Å². The average molecular weight is 285 g/mol. The van der Waals surface area contributed by atoms with Gasteiger partial charge < -0.3 is 16.0 Å². The molecule has 5 nitrogen and oxygen atoms in total. The van der Waals surface area contributed by atoms with Crippen molar-refractivity contribution >= 4 is 35.0 Å². The molecule has 0 aliphatic carbocycles. The minimum atomic E-state index is -0.652. The van der Waals surface area contributed by atoms with E-state index in [4.69, 9.17) is 28.5 Å². The summed E-state index contributed by atoms with van der Waals surface area (Å²) in [5.41, 5.74) is 11.5. The molecule has 1 aromatic heterocycles. The Morgan fingerprint density at radius 2 is 2.33 bits per heavy atom. The average Bonchev–Trinajstić information content (AvgIpc) is 2.69. The molecule has 7 heteroatoms. The van der Waals surface area contributed by atoms with Crippen LogP contribution in [0.15, 0.2) is 23.7 Å². The number of carbonyl (C=O) groups excluding carboxylic acids is 1. The second-order valence-corrected chi connectivity index (χ2v) is 5.65. The predicted molar refractivity (Wildman–Crippen MR) is 73.4 cm³/mol. The number of nitrogens with zero attached hydrogens (tertiary/aromatic N) is 1. The highest BCUT2D eigenvalue weighted by Crippen LogP contribution is 2.29. The van der Waals surface area contributed by atoms with Gasteiger partial charge in [-0.05, 0) is 11.5 Å². The number of nitrogen functional groups attached to an aromatic ring is 1. The molecule has 96 valence electrons. The van der Waals surface area contributed by atoms with Gasteiger partial charge in [0, 0.05) is 23.7 Å². The number of carbonyl (C=O) groups is 1. The molecule has 1 amide bonds. The third-order valence-corrected chi connectivity index (χ3v) is 4.38. The molecule has 18 heavy (non-hydrogen) atoms. The summed E-state index contributed by atoms with van der Waals surface area (Å²) in [6.07, 6.45) is 3.53. The van der Waals surface area contributed by atoms with E-state index in [0.717, 1.165) is 0 Å². The molecule has 5 N–H and O–H groups in total. The topological polar surface area (TPSA) is 97.9 Å². The first-order valence-corrected chi connectivity index (χ1v) is 6.67. The third kappa shape index (κ3) is 2.54. The van der Waals surface area contributed by atoms with E-state index < -0.39 is 5.91 Å². The number of hydrogen-bond acceptors (Lipinski definition) is 4. The number of thioether (sulfide) groups is 1. The summed E-state index contributed by atoms with van der Waals surface area (Å²) in [5, 5.41) is 9.92. The van der Waals surface area contributed by atoms with Crippen LogP contribution in [0.3, 0.4) is 0 Å². The number of rotatable bonds is 3. The molecule has 1 aromatic rings. The minimum absolute atomic E-state index is 0.0630. The third-order valence-electron chi connectivity index (χ3n) is 2.67. The standard InChI is InChI=1S/C11H13ClN4OS/c12-8-1-2-18-9(8)5-16-4-6(13)3-7(10(16)14)11(15)17/h1-4,8-9,14H,5,13H2,(H2,15,17). The van der Waals surface area contributed by atoms with Gasteiger partial charge in [-0.1, -0.05) is 6.08 Å². The van der Waals surface area contributed by atoms with Gasteiger partial charge in [-0.15, -0.1) is 23.4 Å². The zero-order chi connectivity index (χ0) is 13.3. The molecular formula is C11H13ClN4OS.